The van der Waals surface area contributed by atoms with Crippen molar-refractivity contribution in [2.75, 3.05) is 0 Å². The van der Waals surface area contributed by atoms with Gasteiger partial charge in [0.15, 0.2) is 0 Å². The molecule has 2 rings (SSSR count). The fraction of sp³-hybridized carbons (Fsp3) is 0.125. The maximum absolute atomic E-state index is 5.62. The predicted octanol–water partition coefficient (Wildman–Crippen LogP) is 2.30. The van der Waals surface area contributed by atoms with Gasteiger partial charge in [0, 0.05) is 6.20 Å². The van der Waals surface area contributed by atoms with Crippen LogP contribution >= 0.6 is 11.6 Å². The SMILES string of the molecule is ClCc1ccc2[nH]ccc2n1. The number of aromatic amines is 1. The molecule has 2 nitrogen and oxygen atoms in total. The third-order valence-electron chi connectivity index (χ3n) is 1.60. The summed E-state index contributed by atoms with van der Waals surface area (Å²) in [6, 6.07) is 5.84. The maximum Gasteiger partial charge on any atom is 0.0882 e. The summed E-state index contributed by atoms with van der Waals surface area (Å²) in [5.74, 6) is 0.473. The minimum atomic E-state index is 0.473. The first-order valence-electron chi connectivity index (χ1n) is 3.39. The summed E-state index contributed by atoms with van der Waals surface area (Å²) >= 11 is 5.62. The Bertz CT molecular complexity index is 367. The molecule has 0 aliphatic rings. The summed E-state index contributed by atoms with van der Waals surface area (Å²) in [6.07, 6.45) is 1.87. The highest BCUT2D eigenvalue weighted by Crippen LogP contribution is 2.10. The van der Waals surface area contributed by atoms with Crippen molar-refractivity contribution < 1.29 is 0 Å². The second-order valence-electron chi connectivity index (χ2n) is 2.35. The van der Waals surface area contributed by atoms with Crippen LogP contribution in [-0.2, 0) is 5.88 Å². The quantitative estimate of drug-likeness (QED) is 0.647. The average Bonchev–Trinajstić information content (AvgIpc) is 2.50. The topological polar surface area (TPSA) is 28.7 Å². The van der Waals surface area contributed by atoms with Gasteiger partial charge >= 0.3 is 0 Å². The van der Waals surface area contributed by atoms with Crippen molar-refractivity contribution in [2.45, 2.75) is 5.88 Å². The summed E-state index contributed by atoms with van der Waals surface area (Å²) in [6.45, 7) is 0. The van der Waals surface area contributed by atoms with Crippen LogP contribution in [0.4, 0.5) is 0 Å². The lowest BCUT2D eigenvalue weighted by atomic mass is 10.3. The highest BCUT2D eigenvalue weighted by molar-refractivity contribution is 6.16. The maximum atomic E-state index is 5.62. The molecule has 0 spiro atoms. The van der Waals surface area contributed by atoms with Crippen molar-refractivity contribution in [1.29, 1.82) is 0 Å². The Morgan fingerprint density at radius 1 is 1.36 bits per heavy atom. The highest BCUT2D eigenvalue weighted by atomic mass is 35.5. The molecule has 0 bridgehead atoms. The third kappa shape index (κ3) is 1.10. The minimum absolute atomic E-state index is 0.473. The van der Waals surface area contributed by atoms with E-state index >= 15 is 0 Å². The molecule has 2 aromatic heterocycles. The Labute approximate surface area is 69.2 Å². The van der Waals surface area contributed by atoms with E-state index in [4.69, 9.17) is 11.6 Å². The third-order valence-corrected chi connectivity index (χ3v) is 1.87. The van der Waals surface area contributed by atoms with Crippen molar-refractivity contribution in [1.82, 2.24) is 9.97 Å². The first-order valence-corrected chi connectivity index (χ1v) is 3.92. The van der Waals surface area contributed by atoms with Crippen LogP contribution in [0, 0.1) is 0 Å². The molecule has 0 unspecified atom stereocenters. The second kappa shape index (κ2) is 2.55. The van der Waals surface area contributed by atoms with Crippen molar-refractivity contribution in [3.8, 4) is 0 Å². The molecule has 0 amide bonds. The molecule has 0 fully saturated rings. The van der Waals surface area contributed by atoms with Gasteiger partial charge in [-0.2, -0.15) is 0 Å². The van der Waals surface area contributed by atoms with E-state index in [9.17, 15) is 0 Å². The molecule has 0 aliphatic heterocycles. The largest absolute Gasteiger partial charge is 0.360 e. The molecule has 2 heterocycles. The lowest BCUT2D eigenvalue weighted by molar-refractivity contribution is 1.22. The van der Waals surface area contributed by atoms with Crippen molar-refractivity contribution in [2.24, 2.45) is 0 Å². The standard InChI is InChI=1S/C8H7ClN2/c9-5-6-1-2-7-8(11-6)3-4-10-7/h1-4,10H,5H2. The Kier molecular flexibility index (Phi) is 1.55. The Balaban J connectivity index is 2.67. The number of nitrogens with one attached hydrogen (secondary N) is 1. The van der Waals surface area contributed by atoms with Crippen LogP contribution in [0.3, 0.4) is 0 Å². The van der Waals surface area contributed by atoms with Crippen LogP contribution < -0.4 is 0 Å². The number of halogens is 1. The number of rotatable bonds is 1. The van der Waals surface area contributed by atoms with Gasteiger partial charge in [0.25, 0.3) is 0 Å². The first-order chi connectivity index (χ1) is 5.40. The first kappa shape index (κ1) is 6.68. The molecule has 56 valence electrons. The van der Waals surface area contributed by atoms with E-state index in [0.717, 1.165) is 16.7 Å². The van der Waals surface area contributed by atoms with Gasteiger partial charge in [-0.05, 0) is 18.2 Å². The van der Waals surface area contributed by atoms with Crippen LogP contribution in [0.2, 0.25) is 0 Å². The summed E-state index contributed by atoms with van der Waals surface area (Å²) in [5.41, 5.74) is 2.95. The molecule has 3 heteroatoms. The molecular formula is C8H7ClN2. The molecule has 0 aromatic carbocycles. The lowest BCUT2D eigenvalue weighted by Crippen LogP contribution is -1.83. The van der Waals surface area contributed by atoms with Crippen LogP contribution in [0.15, 0.2) is 24.4 Å². The van der Waals surface area contributed by atoms with Crippen molar-refractivity contribution >= 4 is 22.6 Å². The number of alkyl halides is 1. The van der Waals surface area contributed by atoms with Gasteiger partial charge in [-0.15, -0.1) is 11.6 Å². The molecule has 0 radical (unpaired) electrons. The average molecular weight is 167 g/mol. The number of hydrogen-bond acceptors (Lipinski definition) is 1. The zero-order valence-corrected chi connectivity index (χ0v) is 6.60. The minimum Gasteiger partial charge on any atom is -0.360 e. The number of nitrogens with zero attached hydrogens (tertiary/aromatic N) is 1. The van der Waals surface area contributed by atoms with Gasteiger partial charge in [-0.1, -0.05) is 0 Å². The number of fused-ring (bicyclic) bond motifs is 1. The Morgan fingerprint density at radius 2 is 2.27 bits per heavy atom. The van der Waals surface area contributed by atoms with E-state index in [0.29, 0.717) is 5.88 Å². The molecule has 0 saturated carbocycles. The van der Waals surface area contributed by atoms with Gasteiger partial charge in [-0.25, -0.2) is 4.98 Å². The fourth-order valence-electron chi connectivity index (χ4n) is 1.05. The number of hydrogen-bond donors (Lipinski definition) is 1. The summed E-state index contributed by atoms with van der Waals surface area (Å²) in [5, 5.41) is 0. The lowest BCUT2D eigenvalue weighted by Gasteiger charge is -1.92. The van der Waals surface area contributed by atoms with E-state index in [-0.39, 0.29) is 0 Å². The van der Waals surface area contributed by atoms with Gasteiger partial charge in [0.05, 0.1) is 22.6 Å². The number of aromatic nitrogens is 2. The monoisotopic (exact) mass is 166 g/mol. The van der Waals surface area contributed by atoms with Crippen LogP contribution in [0.5, 0.6) is 0 Å². The van der Waals surface area contributed by atoms with Crippen LogP contribution in [0.1, 0.15) is 5.69 Å². The van der Waals surface area contributed by atoms with E-state index in [1.165, 1.54) is 0 Å². The summed E-state index contributed by atoms with van der Waals surface area (Å²) in [7, 11) is 0. The second-order valence-corrected chi connectivity index (χ2v) is 2.61. The van der Waals surface area contributed by atoms with E-state index in [1.54, 1.807) is 0 Å². The van der Waals surface area contributed by atoms with Gasteiger partial charge < -0.3 is 4.98 Å². The normalized spacial score (nSPS) is 10.6. The molecule has 0 aliphatic carbocycles. The zero-order valence-electron chi connectivity index (χ0n) is 5.84. The molecule has 0 atom stereocenters. The fourth-order valence-corrected chi connectivity index (χ4v) is 1.20. The number of pyridine rings is 1. The van der Waals surface area contributed by atoms with E-state index < -0.39 is 0 Å². The van der Waals surface area contributed by atoms with Crippen molar-refractivity contribution in [3.63, 3.8) is 0 Å². The molecule has 11 heavy (non-hydrogen) atoms. The molecule has 0 saturated heterocycles. The summed E-state index contributed by atoms with van der Waals surface area (Å²) in [4.78, 5) is 7.36. The molecule has 2 aromatic rings. The summed E-state index contributed by atoms with van der Waals surface area (Å²) < 4.78 is 0. The zero-order chi connectivity index (χ0) is 7.68. The number of H-pyrrole nitrogens is 1. The van der Waals surface area contributed by atoms with Crippen LogP contribution in [0.25, 0.3) is 11.0 Å². The smallest absolute Gasteiger partial charge is 0.0882 e. The Morgan fingerprint density at radius 3 is 3.09 bits per heavy atom. The molecular weight excluding hydrogens is 160 g/mol. The molecule has 1 N–H and O–H groups in total. The predicted molar refractivity (Wildman–Crippen MR) is 45.7 cm³/mol. The van der Waals surface area contributed by atoms with E-state index in [1.807, 2.05) is 24.4 Å². The van der Waals surface area contributed by atoms with Crippen molar-refractivity contribution in [3.05, 3.63) is 30.1 Å². The Hall–Kier alpha value is -1.02. The van der Waals surface area contributed by atoms with Gasteiger partial charge in [0.2, 0.25) is 0 Å². The van der Waals surface area contributed by atoms with Gasteiger partial charge in [0.1, 0.15) is 0 Å². The van der Waals surface area contributed by atoms with Gasteiger partial charge in [-0.3, -0.25) is 0 Å². The highest BCUT2D eigenvalue weighted by Gasteiger charge is 1.95. The van der Waals surface area contributed by atoms with Crippen LogP contribution in [-0.4, -0.2) is 9.97 Å². The van der Waals surface area contributed by atoms with E-state index in [2.05, 4.69) is 9.97 Å².